The molecule has 0 heterocycles. The van der Waals surface area contributed by atoms with Gasteiger partial charge in [0.1, 0.15) is 0 Å². The molecule has 4 heteroatoms. The molecule has 4 nitrogen and oxygen atoms in total. The van der Waals surface area contributed by atoms with Crippen LogP contribution in [0.1, 0.15) is 71.1 Å². The fraction of sp³-hybridized carbons (Fsp3) is 0.875. The third-order valence-corrected chi connectivity index (χ3v) is 4.77. The van der Waals surface area contributed by atoms with Gasteiger partial charge >= 0.3 is 5.97 Å². The highest BCUT2D eigenvalue weighted by Gasteiger charge is 2.36. The van der Waals surface area contributed by atoms with Crippen LogP contribution in [0.4, 0.5) is 0 Å². The zero-order valence-corrected chi connectivity index (χ0v) is 12.5. The molecule has 0 saturated heterocycles. The molecule has 20 heavy (non-hydrogen) atoms. The SMILES string of the molecule is CC(CC1CC1)NC(=O)CC1(CC(=O)O)CCCCC1. The number of hydrogen-bond acceptors (Lipinski definition) is 2. The third kappa shape index (κ3) is 4.80. The van der Waals surface area contributed by atoms with Gasteiger partial charge in [0.15, 0.2) is 0 Å². The van der Waals surface area contributed by atoms with Crippen LogP contribution >= 0.6 is 0 Å². The zero-order valence-electron chi connectivity index (χ0n) is 12.5. The van der Waals surface area contributed by atoms with Crippen molar-refractivity contribution in [3.63, 3.8) is 0 Å². The molecule has 2 aliphatic rings. The minimum Gasteiger partial charge on any atom is -0.481 e. The Morgan fingerprint density at radius 2 is 1.85 bits per heavy atom. The molecule has 2 N–H and O–H groups in total. The predicted octanol–water partition coefficient (Wildman–Crippen LogP) is 3.11. The first-order valence-corrected chi connectivity index (χ1v) is 8.00. The Morgan fingerprint density at radius 3 is 2.40 bits per heavy atom. The highest BCUT2D eigenvalue weighted by Crippen LogP contribution is 2.42. The summed E-state index contributed by atoms with van der Waals surface area (Å²) >= 11 is 0. The minimum absolute atomic E-state index is 0.0429. The molecular formula is C16H27NO3. The Hall–Kier alpha value is -1.06. The van der Waals surface area contributed by atoms with Crippen molar-refractivity contribution in [1.29, 1.82) is 0 Å². The van der Waals surface area contributed by atoms with Crippen LogP contribution in [0, 0.1) is 11.3 Å². The molecule has 1 unspecified atom stereocenters. The van der Waals surface area contributed by atoms with E-state index in [1.807, 2.05) is 0 Å². The summed E-state index contributed by atoms with van der Waals surface area (Å²) in [6.07, 6.45) is 9.21. The Kier molecular flexibility index (Phi) is 5.06. The number of rotatable bonds is 7. The van der Waals surface area contributed by atoms with E-state index in [2.05, 4.69) is 12.2 Å². The Balaban J connectivity index is 1.85. The summed E-state index contributed by atoms with van der Waals surface area (Å²) in [5.74, 6) is 0.0694. The largest absolute Gasteiger partial charge is 0.481 e. The summed E-state index contributed by atoms with van der Waals surface area (Å²) < 4.78 is 0. The molecule has 2 rings (SSSR count). The van der Waals surface area contributed by atoms with Crippen molar-refractivity contribution in [3.05, 3.63) is 0 Å². The van der Waals surface area contributed by atoms with Crippen LogP contribution < -0.4 is 5.32 Å². The topological polar surface area (TPSA) is 66.4 Å². The van der Waals surface area contributed by atoms with Crippen LogP contribution in [0.3, 0.4) is 0 Å². The fourth-order valence-corrected chi connectivity index (χ4v) is 3.62. The highest BCUT2D eigenvalue weighted by molar-refractivity contribution is 5.78. The van der Waals surface area contributed by atoms with Crippen molar-refractivity contribution in [3.8, 4) is 0 Å². The summed E-state index contributed by atoms with van der Waals surface area (Å²) in [6.45, 7) is 2.06. The number of aliphatic carboxylic acids is 1. The molecule has 0 bridgehead atoms. The first kappa shape index (κ1) is 15.3. The molecule has 0 spiro atoms. The Morgan fingerprint density at radius 1 is 1.20 bits per heavy atom. The number of carbonyl (C=O) groups excluding carboxylic acids is 1. The van der Waals surface area contributed by atoms with Gasteiger partial charge in [0, 0.05) is 12.5 Å². The van der Waals surface area contributed by atoms with Gasteiger partial charge in [-0.2, -0.15) is 0 Å². The molecule has 2 aliphatic carbocycles. The van der Waals surface area contributed by atoms with E-state index in [4.69, 9.17) is 5.11 Å². The summed E-state index contributed by atoms with van der Waals surface area (Å²) in [5.41, 5.74) is -0.298. The van der Waals surface area contributed by atoms with Gasteiger partial charge < -0.3 is 10.4 Å². The van der Waals surface area contributed by atoms with Gasteiger partial charge in [-0.1, -0.05) is 32.1 Å². The quantitative estimate of drug-likeness (QED) is 0.753. The van der Waals surface area contributed by atoms with Crippen LogP contribution in [0.25, 0.3) is 0 Å². The van der Waals surface area contributed by atoms with E-state index in [9.17, 15) is 9.59 Å². The lowest BCUT2D eigenvalue weighted by Gasteiger charge is -2.35. The second-order valence-corrected chi connectivity index (χ2v) is 6.96. The summed E-state index contributed by atoms with van der Waals surface area (Å²) in [4.78, 5) is 23.3. The van der Waals surface area contributed by atoms with Gasteiger partial charge in [0.25, 0.3) is 0 Å². The average Bonchev–Trinajstić information content (AvgIpc) is 3.11. The molecule has 0 aromatic heterocycles. The van der Waals surface area contributed by atoms with Crippen molar-refractivity contribution in [2.45, 2.75) is 77.2 Å². The Bertz CT molecular complexity index is 357. The van der Waals surface area contributed by atoms with Gasteiger partial charge in [-0.05, 0) is 37.5 Å². The highest BCUT2D eigenvalue weighted by atomic mass is 16.4. The van der Waals surface area contributed by atoms with Gasteiger partial charge in [0.2, 0.25) is 5.91 Å². The van der Waals surface area contributed by atoms with Gasteiger partial charge in [0.05, 0.1) is 6.42 Å². The van der Waals surface area contributed by atoms with Crippen molar-refractivity contribution in [1.82, 2.24) is 5.32 Å². The summed E-state index contributed by atoms with van der Waals surface area (Å²) in [6, 6.07) is 0.223. The number of carboxylic acids is 1. The maximum Gasteiger partial charge on any atom is 0.303 e. The van der Waals surface area contributed by atoms with E-state index < -0.39 is 5.97 Å². The molecule has 0 aromatic carbocycles. The van der Waals surface area contributed by atoms with E-state index in [1.54, 1.807) is 0 Å². The van der Waals surface area contributed by atoms with Gasteiger partial charge in [-0.3, -0.25) is 9.59 Å². The average molecular weight is 281 g/mol. The third-order valence-electron chi connectivity index (χ3n) is 4.77. The normalized spacial score (nSPS) is 23.1. The molecule has 0 aromatic rings. The lowest BCUT2D eigenvalue weighted by molar-refractivity contribution is -0.141. The van der Waals surface area contributed by atoms with Crippen LogP contribution in [-0.2, 0) is 9.59 Å². The first-order valence-electron chi connectivity index (χ1n) is 8.00. The molecular weight excluding hydrogens is 254 g/mol. The number of hydrogen-bond donors (Lipinski definition) is 2. The van der Waals surface area contributed by atoms with Crippen molar-refractivity contribution >= 4 is 11.9 Å². The lowest BCUT2D eigenvalue weighted by Crippen LogP contribution is -2.38. The second kappa shape index (κ2) is 6.59. The van der Waals surface area contributed by atoms with Crippen molar-refractivity contribution < 1.29 is 14.7 Å². The number of carboxylic acid groups (broad SMARTS) is 1. The summed E-state index contributed by atoms with van der Waals surface area (Å²) in [5, 5.41) is 12.2. The second-order valence-electron chi connectivity index (χ2n) is 6.96. The van der Waals surface area contributed by atoms with Gasteiger partial charge in [-0.15, -0.1) is 0 Å². The molecule has 2 saturated carbocycles. The first-order chi connectivity index (χ1) is 9.49. The molecule has 1 amide bonds. The smallest absolute Gasteiger partial charge is 0.303 e. The minimum atomic E-state index is -0.772. The maximum absolute atomic E-state index is 12.2. The van der Waals surface area contributed by atoms with E-state index in [1.165, 1.54) is 19.3 Å². The monoisotopic (exact) mass is 281 g/mol. The summed E-state index contributed by atoms with van der Waals surface area (Å²) in [7, 11) is 0. The standard InChI is InChI=1S/C16H27NO3/c1-12(9-13-5-6-13)17-14(18)10-16(11-15(19)20)7-3-2-4-8-16/h12-13H,2-11H2,1H3,(H,17,18)(H,19,20). The molecule has 0 aliphatic heterocycles. The van der Waals surface area contributed by atoms with E-state index in [0.717, 1.165) is 38.0 Å². The molecule has 0 radical (unpaired) electrons. The van der Waals surface area contributed by atoms with Crippen molar-refractivity contribution in [2.75, 3.05) is 0 Å². The molecule has 114 valence electrons. The van der Waals surface area contributed by atoms with Crippen LogP contribution in [-0.4, -0.2) is 23.0 Å². The predicted molar refractivity (Wildman–Crippen MR) is 77.3 cm³/mol. The van der Waals surface area contributed by atoms with Crippen LogP contribution in [0.2, 0.25) is 0 Å². The van der Waals surface area contributed by atoms with E-state index >= 15 is 0 Å². The van der Waals surface area contributed by atoms with Gasteiger partial charge in [-0.25, -0.2) is 0 Å². The fourth-order valence-electron chi connectivity index (χ4n) is 3.62. The Labute approximate surface area is 121 Å². The van der Waals surface area contributed by atoms with E-state index in [0.29, 0.717) is 6.42 Å². The van der Waals surface area contributed by atoms with Crippen LogP contribution in [0.15, 0.2) is 0 Å². The van der Waals surface area contributed by atoms with Crippen molar-refractivity contribution in [2.24, 2.45) is 11.3 Å². The molecule has 1 atom stereocenters. The van der Waals surface area contributed by atoms with E-state index in [-0.39, 0.29) is 23.8 Å². The zero-order chi connectivity index (χ0) is 14.6. The molecule has 2 fully saturated rings. The number of nitrogens with one attached hydrogen (secondary N) is 1. The number of amides is 1. The van der Waals surface area contributed by atoms with Crippen LogP contribution in [0.5, 0.6) is 0 Å². The number of carbonyl (C=O) groups is 2. The lowest BCUT2D eigenvalue weighted by atomic mass is 9.69. The maximum atomic E-state index is 12.2.